The smallest absolute Gasteiger partial charge is 0.243 e. The van der Waals surface area contributed by atoms with Crippen molar-refractivity contribution in [2.75, 3.05) is 35.3 Å². The second-order valence-corrected chi connectivity index (χ2v) is 5.65. The number of nitrogen functional groups attached to an aromatic ring is 1. The Labute approximate surface area is 126 Å². The van der Waals surface area contributed by atoms with E-state index in [1.165, 1.54) is 19.3 Å². The molecule has 1 saturated carbocycles. The van der Waals surface area contributed by atoms with Gasteiger partial charge in [0.05, 0.1) is 0 Å². The number of rotatable bonds is 7. The van der Waals surface area contributed by atoms with Gasteiger partial charge in [0.2, 0.25) is 17.8 Å². The van der Waals surface area contributed by atoms with Crippen LogP contribution in [0.5, 0.6) is 0 Å². The lowest BCUT2D eigenvalue weighted by Gasteiger charge is -2.20. The standard InChI is InChI=1S/C14H27N7/c1-4-21(5-2)14-18-12(17-13(19-14)20-15)16-9-11-8-6-7-10(11)3/h10-11H,4-9,15H2,1-3H3,(H2,16,17,18,19,20). The summed E-state index contributed by atoms with van der Waals surface area (Å²) in [7, 11) is 0. The summed E-state index contributed by atoms with van der Waals surface area (Å²) in [5, 5.41) is 3.35. The van der Waals surface area contributed by atoms with Crippen molar-refractivity contribution in [3.63, 3.8) is 0 Å². The van der Waals surface area contributed by atoms with Crippen molar-refractivity contribution in [1.82, 2.24) is 15.0 Å². The highest BCUT2D eigenvalue weighted by atomic mass is 15.4. The van der Waals surface area contributed by atoms with Crippen LogP contribution in [-0.4, -0.2) is 34.6 Å². The van der Waals surface area contributed by atoms with Gasteiger partial charge in [-0.05, 0) is 32.1 Å². The minimum Gasteiger partial charge on any atom is -0.354 e. The van der Waals surface area contributed by atoms with Crippen molar-refractivity contribution in [2.24, 2.45) is 17.7 Å². The molecule has 0 bridgehead atoms. The molecule has 0 aliphatic heterocycles. The maximum Gasteiger partial charge on any atom is 0.243 e. The van der Waals surface area contributed by atoms with E-state index in [9.17, 15) is 0 Å². The highest BCUT2D eigenvalue weighted by Gasteiger charge is 2.23. The lowest BCUT2D eigenvalue weighted by molar-refractivity contribution is 0.439. The first-order chi connectivity index (χ1) is 10.2. The van der Waals surface area contributed by atoms with E-state index in [1.54, 1.807) is 0 Å². The van der Waals surface area contributed by atoms with Crippen molar-refractivity contribution in [2.45, 2.75) is 40.0 Å². The van der Waals surface area contributed by atoms with E-state index in [1.807, 2.05) is 0 Å². The largest absolute Gasteiger partial charge is 0.354 e. The van der Waals surface area contributed by atoms with E-state index in [-0.39, 0.29) is 0 Å². The van der Waals surface area contributed by atoms with Gasteiger partial charge < -0.3 is 10.2 Å². The third-order valence-corrected chi connectivity index (χ3v) is 4.36. The van der Waals surface area contributed by atoms with Crippen molar-refractivity contribution in [3.05, 3.63) is 0 Å². The van der Waals surface area contributed by atoms with Crippen LogP contribution in [0.3, 0.4) is 0 Å². The summed E-state index contributed by atoms with van der Waals surface area (Å²) in [6.45, 7) is 9.09. The normalized spacial score (nSPS) is 21.3. The highest BCUT2D eigenvalue weighted by molar-refractivity contribution is 5.43. The summed E-state index contributed by atoms with van der Waals surface area (Å²) in [5.74, 6) is 8.59. The Balaban J connectivity index is 2.08. The van der Waals surface area contributed by atoms with Crippen LogP contribution in [0.25, 0.3) is 0 Å². The van der Waals surface area contributed by atoms with Crippen molar-refractivity contribution in [1.29, 1.82) is 0 Å². The zero-order valence-corrected chi connectivity index (χ0v) is 13.3. The van der Waals surface area contributed by atoms with Crippen LogP contribution >= 0.6 is 0 Å². The molecule has 0 aromatic carbocycles. The molecule has 2 atom stereocenters. The molecule has 0 radical (unpaired) electrons. The number of nitrogens with two attached hydrogens (primary N) is 1. The second-order valence-electron chi connectivity index (χ2n) is 5.65. The van der Waals surface area contributed by atoms with Gasteiger partial charge in [-0.25, -0.2) is 5.84 Å². The predicted octanol–water partition coefficient (Wildman–Crippen LogP) is 1.85. The monoisotopic (exact) mass is 293 g/mol. The Bertz CT molecular complexity index is 447. The molecule has 2 rings (SSSR count). The lowest BCUT2D eigenvalue weighted by atomic mass is 9.98. The summed E-state index contributed by atoms with van der Waals surface area (Å²) < 4.78 is 0. The Morgan fingerprint density at radius 3 is 2.43 bits per heavy atom. The van der Waals surface area contributed by atoms with Crippen LogP contribution in [-0.2, 0) is 0 Å². The fourth-order valence-corrected chi connectivity index (χ4v) is 2.90. The Hall–Kier alpha value is -1.63. The molecule has 1 heterocycles. The first-order valence-electron chi connectivity index (χ1n) is 7.89. The third kappa shape index (κ3) is 3.93. The molecule has 2 unspecified atom stereocenters. The van der Waals surface area contributed by atoms with Gasteiger partial charge in [-0.15, -0.1) is 0 Å². The van der Waals surface area contributed by atoms with E-state index in [2.05, 4.69) is 51.4 Å². The maximum atomic E-state index is 5.46. The quantitative estimate of drug-likeness (QED) is 0.522. The summed E-state index contributed by atoms with van der Waals surface area (Å²) in [6.07, 6.45) is 3.93. The zero-order valence-electron chi connectivity index (χ0n) is 13.3. The first kappa shape index (κ1) is 15.8. The molecule has 0 amide bonds. The molecule has 21 heavy (non-hydrogen) atoms. The minimum atomic E-state index is 0.397. The van der Waals surface area contributed by atoms with Gasteiger partial charge in [0.25, 0.3) is 0 Å². The number of nitrogens with zero attached hydrogens (tertiary/aromatic N) is 4. The molecule has 4 N–H and O–H groups in total. The van der Waals surface area contributed by atoms with Crippen LogP contribution in [0.1, 0.15) is 40.0 Å². The number of hydrogen-bond donors (Lipinski definition) is 3. The van der Waals surface area contributed by atoms with Gasteiger partial charge in [0.15, 0.2) is 0 Å². The molecule has 7 nitrogen and oxygen atoms in total. The Morgan fingerprint density at radius 1 is 1.14 bits per heavy atom. The van der Waals surface area contributed by atoms with Crippen molar-refractivity contribution in [3.8, 4) is 0 Å². The third-order valence-electron chi connectivity index (χ3n) is 4.36. The van der Waals surface area contributed by atoms with Gasteiger partial charge in [0, 0.05) is 19.6 Å². The van der Waals surface area contributed by atoms with E-state index in [4.69, 9.17) is 5.84 Å². The van der Waals surface area contributed by atoms with E-state index >= 15 is 0 Å². The molecule has 0 spiro atoms. The van der Waals surface area contributed by atoms with Crippen LogP contribution in [0.2, 0.25) is 0 Å². The van der Waals surface area contributed by atoms with Gasteiger partial charge in [-0.3, -0.25) is 5.43 Å². The van der Waals surface area contributed by atoms with Gasteiger partial charge in [0.1, 0.15) is 0 Å². The van der Waals surface area contributed by atoms with Crippen LogP contribution < -0.4 is 21.5 Å². The molecule has 1 aromatic rings. The summed E-state index contributed by atoms with van der Waals surface area (Å²) in [6, 6.07) is 0. The highest BCUT2D eigenvalue weighted by Crippen LogP contribution is 2.31. The first-order valence-corrected chi connectivity index (χ1v) is 7.89. The van der Waals surface area contributed by atoms with E-state index in [0.717, 1.165) is 25.6 Å². The number of anilines is 3. The Kier molecular flexibility index (Phi) is 5.55. The SMILES string of the molecule is CCN(CC)c1nc(NN)nc(NCC2CCCC2C)n1. The van der Waals surface area contributed by atoms with Crippen LogP contribution in [0, 0.1) is 11.8 Å². The lowest BCUT2D eigenvalue weighted by Crippen LogP contribution is -2.26. The van der Waals surface area contributed by atoms with Crippen LogP contribution in [0.15, 0.2) is 0 Å². The molecule has 1 aliphatic rings. The maximum absolute atomic E-state index is 5.46. The second kappa shape index (κ2) is 7.40. The molecule has 1 aliphatic carbocycles. The molecule has 0 saturated heterocycles. The molecular formula is C14H27N7. The van der Waals surface area contributed by atoms with Gasteiger partial charge >= 0.3 is 0 Å². The molecule has 1 fully saturated rings. The number of aromatic nitrogens is 3. The zero-order chi connectivity index (χ0) is 15.2. The Morgan fingerprint density at radius 2 is 1.86 bits per heavy atom. The van der Waals surface area contributed by atoms with E-state index < -0.39 is 0 Å². The molecule has 118 valence electrons. The number of hydrazine groups is 1. The minimum absolute atomic E-state index is 0.397. The summed E-state index contributed by atoms with van der Waals surface area (Å²) in [4.78, 5) is 15.2. The fraction of sp³-hybridized carbons (Fsp3) is 0.786. The summed E-state index contributed by atoms with van der Waals surface area (Å²) in [5.41, 5.74) is 2.52. The van der Waals surface area contributed by atoms with Gasteiger partial charge in [-0.2, -0.15) is 15.0 Å². The predicted molar refractivity (Wildman–Crippen MR) is 86.2 cm³/mol. The molecule has 7 heteroatoms. The topological polar surface area (TPSA) is 92.0 Å². The van der Waals surface area contributed by atoms with E-state index in [0.29, 0.717) is 23.8 Å². The average Bonchev–Trinajstić information content (AvgIpc) is 2.91. The van der Waals surface area contributed by atoms with Crippen molar-refractivity contribution < 1.29 is 0 Å². The average molecular weight is 293 g/mol. The van der Waals surface area contributed by atoms with Crippen molar-refractivity contribution >= 4 is 17.8 Å². The molecule has 1 aromatic heterocycles. The fourth-order valence-electron chi connectivity index (χ4n) is 2.90. The van der Waals surface area contributed by atoms with Gasteiger partial charge in [-0.1, -0.05) is 19.8 Å². The number of hydrogen-bond acceptors (Lipinski definition) is 7. The molecular weight excluding hydrogens is 266 g/mol. The number of nitrogens with one attached hydrogen (secondary N) is 2. The summed E-state index contributed by atoms with van der Waals surface area (Å²) >= 11 is 0. The van der Waals surface area contributed by atoms with Crippen LogP contribution in [0.4, 0.5) is 17.8 Å².